The molecule has 0 spiro atoms. The predicted molar refractivity (Wildman–Crippen MR) is 115 cm³/mol. The number of rotatable bonds is 7. The third kappa shape index (κ3) is 4.86. The average Bonchev–Trinajstić information content (AvgIpc) is 3.50. The molecule has 0 bridgehead atoms. The fourth-order valence-corrected chi connectivity index (χ4v) is 3.50. The smallest absolute Gasteiger partial charge is 0.504 e. The summed E-state index contributed by atoms with van der Waals surface area (Å²) < 4.78 is 28.6. The Labute approximate surface area is 210 Å². The van der Waals surface area contributed by atoms with Crippen LogP contribution < -0.4 is 0 Å². The van der Waals surface area contributed by atoms with Gasteiger partial charge in [-0.2, -0.15) is 0 Å². The Morgan fingerprint density at radius 1 is 0.684 bits per heavy atom. The fourth-order valence-electron chi connectivity index (χ4n) is 3.50. The van der Waals surface area contributed by atoms with Crippen LogP contribution in [0, 0.1) is 0 Å². The lowest BCUT2D eigenvalue weighted by atomic mass is 9.92. The van der Waals surface area contributed by atoms with Gasteiger partial charge in [-0.3, -0.25) is 0 Å². The number of ether oxygens (including phenoxy) is 6. The molecular formula is C22H18O16. The summed E-state index contributed by atoms with van der Waals surface area (Å²) in [4.78, 5) is 47.9. The molecule has 16 heteroatoms. The highest BCUT2D eigenvalue weighted by Gasteiger charge is 2.34. The minimum Gasteiger partial charge on any atom is -0.504 e. The molecule has 2 aliphatic rings. The Morgan fingerprint density at radius 2 is 1.05 bits per heavy atom. The molecule has 2 saturated heterocycles. The Kier molecular flexibility index (Phi) is 6.79. The molecule has 0 saturated carbocycles. The molecular weight excluding hydrogens is 520 g/mol. The summed E-state index contributed by atoms with van der Waals surface area (Å²) in [6.45, 7) is -1.57. The van der Waals surface area contributed by atoms with E-state index in [2.05, 4.69) is 9.47 Å². The molecule has 0 amide bonds. The molecule has 2 aliphatic heterocycles. The quantitative estimate of drug-likeness (QED) is 0.163. The second-order valence-corrected chi connectivity index (χ2v) is 7.83. The van der Waals surface area contributed by atoms with Gasteiger partial charge in [-0.1, -0.05) is 0 Å². The van der Waals surface area contributed by atoms with Crippen LogP contribution in [0.2, 0.25) is 0 Å². The van der Waals surface area contributed by atoms with Crippen LogP contribution in [0.1, 0.15) is 20.7 Å². The van der Waals surface area contributed by atoms with E-state index in [1.54, 1.807) is 0 Å². The van der Waals surface area contributed by atoms with Crippen LogP contribution in [0.4, 0.5) is 9.59 Å². The summed E-state index contributed by atoms with van der Waals surface area (Å²) in [6.07, 6.45) is -3.98. The molecule has 2 fully saturated rings. The highest BCUT2D eigenvalue weighted by molar-refractivity contribution is 6.08. The van der Waals surface area contributed by atoms with Gasteiger partial charge < -0.3 is 59.1 Å². The van der Waals surface area contributed by atoms with Crippen LogP contribution in [0.15, 0.2) is 12.1 Å². The van der Waals surface area contributed by atoms with Crippen molar-refractivity contribution in [1.29, 1.82) is 0 Å². The van der Waals surface area contributed by atoms with Crippen molar-refractivity contribution in [3.63, 3.8) is 0 Å². The SMILES string of the molecule is O=C1OCC(COC(=O)c2cc(O)c(O)c(O)c2-c2c(C(=O)OCC3COC(=O)O3)cc(O)c(O)c2O)O1. The first-order chi connectivity index (χ1) is 18.0. The number of benzene rings is 2. The highest BCUT2D eigenvalue weighted by atomic mass is 16.8. The molecule has 0 aliphatic carbocycles. The highest BCUT2D eigenvalue weighted by Crippen LogP contribution is 2.52. The lowest BCUT2D eigenvalue weighted by molar-refractivity contribution is 0.0295. The molecule has 4 rings (SSSR count). The maximum absolute atomic E-state index is 12.9. The lowest BCUT2D eigenvalue weighted by Crippen LogP contribution is -2.22. The molecule has 38 heavy (non-hydrogen) atoms. The summed E-state index contributed by atoms with van der Waals surface area (Å²) in [7, 11) is 0. The first-order valence-electron chi connectivity index (χ1n) is 10.5. The van der Waals surface area contributed by atoms with Gasteiger partial charge in [-0.15, -0.1) is 0 Å². The van der Waals surface area contributed by atoms with E-state index in [0.717, 1.165) is 0 Å². The van der Waals surface area contributed by atoms with Crippen LogP contribution in [0.3, 0.4) is 0 Å². The molecule has 0 radical (unpaired) electrons. The van der Waals surface area contributed by atoms with E-state index in [4.69, 9.17) is 18.9 Å². The number of carbonyl (C=O) groups is 4. The topological polar surface area (TPSA) is 245 Å². The van der Waals surface area contributed by atoms with Crippen LogP contribution in [0.5, 0.6) is 34.5 Å². The van der Waals surface area contributed by atoms with Gasteiger partial charge in [0.2, 0.25) is 11.5 Å². The molecule has 202 valence electrons. The maximum Gasteiger partial charge on any atom is 0.508 e. The number of phenols is 6. The third-order valence-corrected chi connectivity index (χ3v) is 5.30. The van der Waals surface area contributed by atoms with Gasteiger partial charge in [-0.05, 0) is 12.1 Å². The van der Waals surface area contributed by atoms with Gasteiger partial charge in [0.25, 0.3) is 0 Å². The summed E-state index contributed by atoms with van der Waals surface area (Å²) >= 11 is 0. The van der Waals surface area contributed by atoms with E-state index < -0.39 is 106 Å². The van der Waals surface area contributed by atoms with Gasteiger partial charge in [0, 0.05) is 11.1 Å². The van der Waals surface area contributed by atoms with Crippen LogP contribution in [-0.2, 0) is 28.4 Å². The van der Waals surface area contributed by atoms with Gasteiger partial charge in [0.15, 0.2) is 35.2 Å². The zero-order valence-electron chi connectivity index (χ0n) is 18.9. The molecule has 2 aromatic rings. The van der Waals surface area contributed by atoms with E-state index in [9.17, 15) is 49.8 Å². The lowest BCUT2D eigenvalue weighted by Gasteiger charge is -2.19. The monoisotopic (exact) mass is 538 g/mol. The maximum atomic E-state index is 12.9. The molecule has 2 heterocycles. The minimum atomic E-state index is -1.31. The Balaban J connectivity index is 1.75. The number of hydrogen-bond donors (Lipinski definition) is 6. The van der Waals surface area contributed by atoms with Crippen molar-refractivity contribution in [2.45, 2.75) is 12.2 Å². The molecule has 2 unspecified atom stereocenters. The first kappa shape index (κ1) is 25.8. The normalized spacial score (nSPS) is 18.2. The average molecular weight is 538 g/mol. The van der Waals surface area contributed by atoms with Crippen molar-refractivity contribution in [3.8, 4) is 45.6 Å². The summed E-state index contributed by atoms with van der Waals surface area (Å²) in [5.74, 6) is -9.48. The number of carbonyl (C=O) groups excluding carboxylic acids is 4. The largest absolute Gasteiger partial charge is 0.508 e. The van der Waals surface area contributed by atoms with Gasteiger partial charge in [0.1, 0.15) is 26.4 Å². The number of phenolic OH excluding ortho intramolecular Hbond substituents is 6. The zero-order valence-corrected chi connectivity index (χ0v) is 18.9. The van der Waals surface area contributed by atoms with Crippen molar-refractivity contribution >= 4 is 24.2 Å². The molecule has 2 atom stereocenters. The van der Waals surface area contributed by atoms with Crippen LogP contribution in [0.25, 0.3) is 11.1 Å². The second kappa shape index (κ2) is 10.00. The fraction of sp³-hybridized carbons (Fsp3) is 0.273. The van der Waals surface area contributed by atoms with Crippen LogP contribution >= 0.6 is 0 Å². The molecule has 6 N–H and O–H groups in total. The number of aromatic hydroxyl groups is 6. The molecule has 0 aromatic heterocycles. The van der Waals surface area contributed by atoms with E-state index >= 15 is 0 Å². The number of cyclic esters (lactones) is 4. The number of hydrogen-bond acceptors (Lipinski definition) is 16. The molecule has 2 aromatic carbocycles. The Bertz CT molecular complexity index is 1230. The Hall–Kier alpha value is -5.28. The van der Waals surface area contributed by atoms with Gasteiger partial charge in [0.05, 0.1) is 11.1 Å². The van der Waals surface area contributed by atoms with Gasteiger partial charge >= 0.3 is 24.2 Å². The van der Waals surface area contributed by atoms with E-state index in [-0.39, 0.29) is 13.2 Å². The third-order valence-electron chi connectivity index (χ3n) is 5.30. The van der Waals surface area contributed by atoms with Crippen LogP contribution in [-0.4, -0.2) is 93.5 Å². The minimum absolute atomic E-state index is 0.241. The standard InChI is InChI=1S/C22H18O16/c23-11-1-9(19(29)33-3-7-5-35-21(31)37-7)13(17(27)15(11)25)14-10(2-12(24)16(26)18(14)28)20(30)34-4-8-6-36-22(32)38-8/h1-2,7-8,23-28H,3-6H2. The van der Waals surface area contributed by atoms with E-state index in [0.29, 0.717) is 12.1 Å². The Morgan fingerprint density at radius 3 is 1.37 bits per heavy atom. The number of esters is 2. The van der Waals surface area contributed by atoms with Crippen molar-refractivity contribution in [1.82, 2.24) is 0 Å². The molecule has 16 nitrogen and oxygen atoms in total. The summed E-state index contributed by atoms with van der Waals surface area (Å²) in [6, 6.07) is 1.25. The van der Waals surface area contributed by atoms with E-state index in [1.165, 1.54) is 0 Å². The summed E-state index contributed by atoms with van der Waals surface area (Å²) in [5, 5.41) is 61.4. The first-order valence-corrected chi connectivity index (χ1v) is 10.5. The summed E-state index contributed by atoms with van der Waals surface area (Å²) in [5.41, 5.74) is -3.12. The van der Waals surface area contributed by atoms with Crippen molar-refractivity contribution < 1.29 is 78.2 Å². The predicted octanol–water partition coefficient (Wildman–Crippen LogP) is 0.972. The van der Waals surface area contributed by atoms with Crippen molar-refractivity contribution in [3.05, 3.63) is 23.3 Å². The van der Waals surface area contributed by atoms with Gasteiger partial charge in [-0.25, -0.2) is 19.2 Å². The van der Waals surface area contributed by atoms with Crippen molar-refractivity contribution in [2.75, 3.05) is 26.4 Å². The zero-order chi connectivity index (χ0) is 27.7. The second-order valence-electron chi connectivity index (χ2n) is 7.83. The van der Waals surface area contributed by atoms with Crippen molar-refractivity contribution in [2.24, 2.45) is 0 Å². The van der Waals surface area contributed by atoms with E-state index in [1.807, 2.05) is 0 Å².